The smallest absolute Gasteiger partial charge is 0.253 e. The van der Waals surface area contributed by atoms with E-state index in [9.17, 15) is 9.59 Å². The van der Waals surface area contributed by atoms with E-state index >= 15 is 0 Å². The van der Waals surface area contributed by atoms with Gasteiger partial charge in [-0.3, -0.25) is 14.3 Å². The highest BCUT2D eigenvalue weighted by Crippen LogP contribution is 2.25. The van der Waals surface area contributed by atoms with Crippen LogP contribution in [0.4, 0.5) is 0 Å². The van der Waals surface area contributed by atoms with Crippen molar-refractivity contribution in [1.29, 1.82) is 5.26 Å². The second-order valence-corrected chi connectivity index (χ2v) is 8.97. The number of fused-ring (bicyclic) bond motifs is 1. The fourth-order valence-corrected chi connectivity index (χ4v) is 4.64. The molecule has 176 valence electrons. The number of carbonyl (C=O) groups is 2. The highest BCUT2D eigenvalue weighted by Gasteiger charge is 2.24. The fourth-order valence-electron chi connectivity index (χ4n) is 4.64. The van der Waals surface area contributed by atoms with Gasteiger partial charge in [0.05, 0.1) is 17.1 Å². The van der Waals surface area contributed by atoms with Crippen molar-refractivity contribution < 1.29 is 14.3 Å². The molecular weight excluding hydrogens is 428 g/mol. The second kappa shape index (κ2) is 10.6. The maximum Gasteiger partial charge on any atom is 0.253 e. The number of aromatic nitrogens is 2. The molecule has 1 saturated heterocycles. The number of benzene rings is 2. The van der Waals surface area contributed by atoms with Gasteiger partial charge in [-0.2, -0.15) is 10.4 Å². The van der Waals surface area contributed by atoms with Crippen LogP contribution in [0.5, 0.6) is 0 Å². The molecule has 0 saturated carbocycles. The van der Waals surface area contributed by atoms with Gasteiger partial charge in [-0.25, -0.2) is 0 Å². The van der Waals surface area contributed by atoms with Crippen LogP contribution in [0.25, 0.3) is 10.9 Å². The van der Waals surface area contributed by atoms with E-state index in [4.69, 9.17) is 15.1 Å². The number of ether oxygens (including phenoxy) is 1. The Balaban J connectivity index is 1.37. The lowest BCUT2D eigenvalue weighted by Crippen LogP contribution is -2.39. The number of hydrogen-bond acceptors (Lipinski definition) is 5. The zero-order chi connectivity index (χ0) is 24.1. The SMILES string of the molecule is COCCCC(=O)c1ccc2nn(CC3CCN(C(=O)c4ccc(C#N)cc4)CC3)cc2c1C. The number of rotatable bonds is 8. The number of hydrogen-bond donors (Lipinski definition) is 0. The van der Waals surface area contributed by atoms with Crippen LogP contribution in [0.2, 0.25) is 0 Å². The number of nitrogens with zero attached hydrogens (tertiary/aromatic N) is 4. The summed E-state index contributed by atoms with van der Waals surface area (Å²) >= 11 is 0. The molecule has 0 bridgehead atoms. The van der Waals surface area contributed by atoms with Crippen LogP contribution >= 0.6 is 0 Å². The Labute approximate surface area is 199 Å². The van der Waals surface area contributed by atoms with Crippen molar-refractivity contribution in [3.05, 3.63) is 64.8 Å². The molecule has 2 aromatic carbocycles. The van der Waals surface area contributed by atoms with Gasteiger partial charge in [-0.1, -0.05) is 0 Å². The lowest BCUT2D eigenvalue weighted by Gasteiger charge is -2.32. The number of piperidine rings is 1. The Kier molecular flexibility index (Phi) is 7.39. The number of carbonyl (C=O) groups excluding carboxylic acids is 2. The van der Waals surface area contributed by atoms with E-state index in [0.29, 0.717) is 43.2 Å². The highest BCUT2D eigenvalue weighted by atomic mass is 16.5. The van der Waals surface area contributed by atoms with Crippen LogP contribution in [-0.2, 0) is 11.3 Å². The van der Waals surface area contributed by atoms with Crippen LogP contribution < -0.4 is 0 Å². The maximum absolute atomic E-state index is 12.8. The zero-order valence-electron chi connectivity index (χ0n) is 19.8. The lowest BCUT2D eigenvalue weighted by molar-refractivity contribution is 0.0681. The first kappa shape index (κ1) is 23.7. The third kappa shape index (κ3) is 5.18. The normalized spacial score (nSPS) is 14.3. The number of likely N-dealkylation sites (tertiary alicyclic amines) is 1. The number of nitriles is 1. The van der Waals surface area contributed by atoms with Crippen molar-refractivity contribution in [1.82, 2.24) is 14.7 Å². The van der Waals surface area contributed by atoms with Crippen LogP contribution in [0.15, 0.2) is 42.6 Å². The summed E-state index contributed by atoms with van der Waals surface area (Å²) in [5.41, 5.74) is 3.82. The summed E-state index contributed by atoms with van der Waals surface area (Å²) in [6, 6.07) is 12.7. The summed E-state index contributed by atoms with van der Waals surface area (Å²) in [4.78, 5) is 27.3. The van der Waals surface area contributed by atoms with Gasteiger partial charge in [0.2, 0.25) is 0 Å². The lowest BCUT2D eigenvalue weighted by atomic mass is 9.96. The predicted molar refractivity (Wildman–Crippen MR) is 130 cm³/mol. The summed E-state index contributed by atoms with van der Waals surface area (Å²) in [5.74, 6) is 0.601. The third-order valence-electron chi connectivity index (χ3n) is 6.67. The summed E-state index contributed by atoms with van der Waals surface area (Å²) in [5, 5.41) is 14.7. The summed E-state index contributed by atoms with van der Waals surface area (Å²) in [7, 11) is 1.65. The van der Waals surface area contributed by atoms with Crippen molar-refractivity contribution in [2.75, 3.05) is 26.8 Å². The fraction of sp³-hybridized carbons (Fsp3) is 0.407. The monoisotopic (exact) mass is 458 g/mol. The van der Waals surface area contributed by atoms with Gasteiger partial charge in [0.15, 0.2) is 5.78 Å². The van der Waals surface area contributed by atoms with E-state index in [2.05, 4.69) is 6.07 Å². The highest BCUT2D eigenvalue weighted by molar-refractivity contribution is 6.01. The molecule has 1 fully saturated rings. The molecular formula is C27H30N4O3. The minimum Gasteiger partial charge on any atom is -0.385 e. The third-order valence-corrected chi connectivity index (χ3v) is 6.67. The molecule has 3 aromatic rings. The van der Waals surface area contributed by atoms with Crippen LogP contribution in [0.3, 0.4) is 0 Å². The second-order valence-electron chi connectivity index (χ2n) is 8.97. The molecule has 0 spiro atoms. The van der Waals surface area contributed by atoms with E-state index in [0.717, 1.165) is 47.8 Å². The van der Waals surface area contributed by atoms with E-state index in [1.165, 1.54) is 0 Å². The molecule has 0 radical (unpaired) electrons. The first-order valence-corrected chi connectivity index (χ1v) is 11.8. The summed E-state index contributed by atoms with van der Waals surface area (Å²) in [6.07, 6.45) is 5.08. The van der Waals surface area contributed by atoms with Crippen molar-refractivity contribution in [2.24, 2.45) is 5.92 Å². The van der Waals surface area contributed by atoms with E-state index in [1.54, 1.807) is 31.4 Å². The Hall–Kier alpha value is -3.50. The van der Waals surface area contributed by atoms with Gasteiger partial charge >= 0.3 is 0 Å². The molecule has 0 unspecified atom stereocenters. The van der Waals surface area contributed by atoms with Gasteiger partial charge in [0.25, 0.3) is 5.91 Å². The van der Waals surface area contributed by atoms with Crippen molar-refractivity contribution in [3.8, 4) is 6.07 Å². The molecule has 7 nitrogen and oxygen atoms in total. The maximum atomic E-state index is 12.8. The molecule has 1 amide bonds. The molecule has 2 heterocycles. The van der Waals surface area contributed by atoms with Gasteiger partial charge in [-0.05, 0) is 74.1 Å². The standard InChI is InChI=1S/C27H30N4O3/c1-19-23(26(32)4-3-15-34-2)9-10-25-24(19)18-31(29-25)17-21-11-13-30(14-12-21)27(33)22-7-5-20(16-28)6-8-22/h5-10,18,21H,3-4,11-15,17H2,1-2H3. The molecule has 1 aliphatic heterocycles. The quantitative estimate of drug-likeness (QED) is 0.369. The molecule has 7 heteroatoms. The van der Waals surface area contributed by atoms with Gasteiger partial charge in [0.1, 0.15) is 0 Å². The topological polar surface area (TPSA) is 88.2 Å². The van der Waals surface area contributed by atoms with E-state index in [-0.39, 0.29) is 11.7 Å². The number of methoxy groups -OCH3 is 1. The van der Waals surface area contributed by atoms with Crippen molar-refractivity contribution in [2.45, 2.75) is 39.2 Å². The molecule has 0 atom stereocenters. The average molecular weight is 459 g/mol. The Morgan fingerprint density at radius 3 is 2.56 bits per heavy atom. The predicted octanol–water partition coefficient (Wildman–Crippen LogP) is 4.38. The van der Waals surface area contributed by atoms with Crippen molar-refractivity contribution >= 4 is 22.6 Å². The van der Waals surface area contributed by atoms with Crippen LogP contribution in [0, 0.1) is 24.2 Å². The van der Waals surface area contributed by atoms with Crippen LogP contribution in [-0.4, -0.2) is 53.2 Å². The zero-order valence-corrected chi connectivity index (χ0v) is 19.8. The Morgan fingerprint density at radius 2 is 1.88 bits per heavy atom. The molecule has 1 aromatic heterocycles. The number of ketones is 1. The minimum atomic E-state index is 0.0195. The minimum absolute atomic E-state index is 0.0195. The van der Waals surface area contributed by atoms with Gasteiger partial charge in [0, 0.05) is 62.5 Å². The number of Topliss-reactive ketones (excluding diaryl/α,β-unsaturated/α-hetero) is 1. The molecule has 4 rings (SSSR count). The summed E-state index contributed by atoms with van der Waals surface area (Å²) < 4.78 is 7.04. The molecule has 0 N–H and O–H groups in total. The van der Waals surface area contributed by atoms with Gasteiger partial charge in [-0.15, -0.1) is 0 Å². The molecule has 34 heavy (non-hydrogen) atoms. The summed E-state index contributed by atoms with van der Waals surface area (Å²) in [6.45, 7) is 4.80. The average Bonchev–Trinajstić information content (AvgIpc) is 3.28. The van der Waals surface area contributed by atoms with E-state index < -0.39 is 0 Å². The first-order chi connectivity index (χ1) is 16.5. The van der Waals surface area contributed by atoms with Crippen molar-refractivity contribution in [3.63, 3.8) is 0 Å². The number of aryl methyl sites for hydroxylation is 1. The van der Waals surface area contributed by atoms with E-state index in [1.807, 2.05) is 34.8 Å². The van der Waals surface area contributed by atoms with Crippen LogP contribution in [0.1, 0.15) is 57.5 Å². The van der Waals surface area contributed by atoms with Gasteiger partial charge < -0.3 is 9.64 Å². The largest absolute Gasteiger partial charge is 0.385 e. The number of amides is 1. The molecule has 1 aliphatic rings. The Bertz CT molecular complexity index is 1220. The Morgan fingerprint density at radius 1 is 1.15 bits per heavy atom. The first-order valence-electron chi connectivity index (χ1n) is 11.8. The molecule has 0 aliphatic carbocycles.